The molecule has 0 aromatic carbocycles. The first-order chi connectivity index (χ1) is 45.0. The number of carbonyl (C=O) groups is 13. The Morgan fingerprint density at radius 1 is 0.531 bits per heavy atom. The third-order valence-electron chi connectivity index (χ3n) is 22.7. The molecule has 96 heavy (non-hydrogen) atoms. The molecule has 7 saturated carbocycles. The summed E-state index contributed by atoms with van der Waals surface area (Å²) in [5.74, 6) is -6.27. The lowest BCUT2D eigenvalue weighted by Gasteiger charge is -2.43. The van der Waals surface area contributed by atoms with Crippen LogP contribution in [-0.4, -0.2) is 172 Å². The van der Waals surface area contributed by atoms with Crippen molar-refractivity contribution in [3.8, 4) is 6.07 Å². The first kappa shape index (κ1) is 72.8. The van der Waals surface area contributed by atoms with Gasteiger partial charge in [0, 0.05) is 41.9 Å². The van der Waals surface area contributed by atoms with Crippen molar-refractivity contribution in [2.24, 2.45) is 79.8 Å². The number of hydrogen-bond acceptors (Lipinski definition) is 28. The van der Waals surface area contributed by atoms with Crippen LogP contribution in [0.4, 0.5) is 0 Å². The van der Waals surface area contributed by atoms with Gasteiger partial charge in [0.1, 0.15) is 48.8 Å². The molecule has 6 heterocycles. The number of esters is 13. The van der Waals surface area contributed by atoms with Gasteiger partial charge in [-0.25, -0.2) is 19.2 Å². The molecule has 10 bridgehead atoms. The van der Waals surface area contributed by atoms with Gasteiger partial charge in [0.2, 0.25) is 0 Å². The Morgan fingerprint density at radius 3 is 1.50 bits per heavy atom. The van der Waals surface area contributed by atoms with Crippen molar-refractivity contribution in [1.29, 1.82) is 5.26 Å². The highest BCUT2D eigenvalue weighted by atomic mass is 16.7. The number of nitriles is 1. The van der Waals surface area contributed by atoms with Crippen molar-refractivity contribution in [2.45, 2.75) is 234 Å². The van der Waals surface area contributed by atoms with E-state index >= 15 is 0 Å². The number of hydrogen-bond donors (Lipinski definition) is 0. The summed E-state index contributed by atoms with van der Waals surface area (Å²) in [7, 11) is 1.24. The van der Waals surface area contributed by atoms with Gasteiger partial charge in [-0.1, -0.05) is 27.7 Å². The Labute approximate surface area is 556 Å². The highest BCUT2D eigenvalue weighted by Gasteiger charge is 2.76. The topological polar surface area (TPSA) is 375 Å². The molecule has 6 aliphatic heterocycles. The summed E-state index contributed by atoms with van der Waals surface area (Å²) in [5.41, 5.74) is -5.13. The van der Waals surface area contributed by atoms with Gasteiger partial charge in [-0.15, -0.1) is 0 Å². The SMILES string of the molecule is CCC(C)(C)C(=O)OC(C)C(=O)OC1C2CC3C(=O)OC1C3C2.CCC(C)(C)C(=O)OCC(=O)OC1C2CC3(C#N)C(=O)OC1C3O2.CCC(C)(C)C(=O)OCC(=O)OC1C2CC3C1OC(=O)C3(C(=O)OC)C2.CCC(C)(C)C(=O)OCC(=O)OC1C2CCC3C(C2)C(=O)OC31. The molecule has 0 radical (unpaired) electrons. The lowest BCUT2D eigenvalue weighted by atomic mass is 9.63. The molecule has 13 fully saturated rings. The van der Waals surface area contributed by atoms with E-state index in [9.17, 15) is 67.6 Å². The number of rotatable bonds is 21. The van der Waals surface area contributed by atoms with E-state index in [1.54, 1.807) is 55.4 Å². The lowest BCUT2D eigenvalue weighted by Crippen LogP contribution is -2.50. The second-order valence-electron chi connectivity index (χ2n) is 30.0. The van der Waals surface area contributed by atoms with Gasteiger partial charge in [-0.3, -0.25) is 43.2 Å². The molecule has 0 spiro atoms. The fraction of sp³-hybridized carbons (Fsp3) is 0.794. The largest absolute Gasteiger partial charge is 0.468 e. The van der Waals surface area contributed by atoms with E-state index in [1.165, 1.54) is 14.0 Å². The fourth-order valence-electron chi connectivity index (χ4n) is 15.2. The predicted octanol–water partition coefficient (Wildman–Crippen LogP) is 5.18. The lowest BCUT2D eigenvalue weighted by molar-refractivity contribution is -0.180. The van der Waals surface area contributed by atoms with Gasteiger partial charge in [0.15, 0.2) is 49.0 Å². The van der Waals surface area contributed by atoms with E-state index in [0.29, 0.717) is 32.1 Å². The monoisotopic (exact) mass is 1350 g/mol. The maximum atomic E-state index is 12.3. The zero-order valence-electron chi connectivity index (χ0n) is 57.0. The smallest absolute Gasteiger partial charge is 0.347 e. The van der Waals surface area contributed by atoms with Crippen LogP contribution in [0.2, 0.25) is 0 Å². The minimum absolute atomic E-state index is 0.0134. The molecule has 28 heteroatoms. The van der Waals surface area contributed by atoms with Gasteiger partial charge in [-0.2, -0.15) is 5.26 Å². The summed E-state index contributed by atoms with van der Waals surface area (Å²) in [6.07, 6.45) is 1.18. The number of nitrogens with zero attached hydrogens (tertiary/aromatic N) is 1. The summed E-state index contributed by atoms with van der Waals surface area (Å²) in [6, 6.07) is 1.98. The summed E-state index contributed by atoms with van der Waals surface area (Å²) in [6.45, 7) is 21.7. The van der Waals surface area contributed by atoms with Crippen molar-refractivity contribution < 1.29 is 129 Å². The Balaban J connectivity index is 0.000000150. The quantitative estimate of drug-likeness (QED) is 0.0811. The normalized spacial score (nSPS) is 35.3. The zero-order chi connectivity index (χ0) is 70.7. The van der Waals surface area contributed by atoms with Gasteiger partial charge in [-0.05, 0) is 133 Å². The van der Waals surface area contributed by atoms with Crippen molar-refractivity contribution in [1.82, 2.24) is 0 Å². The molecule has 0 aromatic heterocycles. The Bertz CT molecular complexity index is 3180. The maximum Gasteiger partial charge on any atom is 0.347 e. The van der Waals surface area contributed by atoms with E-state index in [-0.39, 0.29) is 97.0 Å². The number of fused-ring (bicyclic) bond motifs is 4. The van der Waals surface area contributed by atoms with Gasteiger partial charge < -0.3 is 66.3 Å². The van der Waals surface area contributed by atoms with Crippen LogP contribution in [0.3, 0.4) is 0 Å². The standard InChI is InChI=1S/C18H24O8.2C17H24O6.C16H19NO7/c1-5-17(2,3)14(20)24-8-11(19)25-12-9-6-10-13(12)26-16(22)18(10,7-9)15(21)23-4;1-5-17(3,4)16(20)21-8(2)14(18)22-12-9-6-10-11(7-9)15(19)23-13(10)12;1-4-17(2,3)16(20)21-8-12(18)22-13-9-5-6-10-11(7-9)15(19)23-14(10)13;1-4-15(2,3)13(19)21-6-9(18)23-10-8-5-16(7-17)12(22-8)11(10)24-14(16)20/h9-10,12-13H,5-8H2,1-4H3;8-13H,5-7H2,1-4H3;9-11,13-14H,4-8H2,1-3H3;8,10-12H,4-6H2,1-3H3. The van der Waals surface area contributed by atoms with Crippen LogP contribution in [0, 0.1) is 91.2 Å². The Kier molecular flexibility index (Phi) is 20.8. The Morgan fingerprint density at radius 2 is 0.990 bits per heavy atom. The van der Waals surface area contributed by atoms with Gasteiger partial charge in [0.25, 0.3) is 0 Å². The predicted molar refractivity (Wildman–Crippen MR) is 320 cm³/mol. The molecular weight excluding hydrogens is 1260 g/mol. The van der Waals surface area contributed by atoms with Gasteiger partial charge >= 0.3 is 77.6 Å². The highest BCUT2D eigenvalue weighted by molar-refractivity contribution is 6.03. The molecule has 0 amide bonds. The molecule has 7 aliphatic carbocycles. The van der Waals surface area contributed by atoms with Crippen LogP contribution in [-0.2, 0) is 129 Å². The van der Waals surface area contributed by atoms with E-state index in [0.717, 1.165) is 32.1 Å². The maximum absolute atomic E-state index is 12.3. The number of ether oxygens (including phenoxy) is 14. The first-order valence-electron chi connectivity index (χ1n) is 33.5. The van der Waals surface area contributed by atoms with Crippen molar-refractivity contribution in [3.63, 3.8) is 0 Å². The third-order valence-corrected chi connectivity index (χ3v) is 22.7. The molecule has 0 N–H and O–H groups in total. The first-order valence-corrected chi connectivity index (χ1v) is 33.5. The summed E-state index contributed by atoms with van der Waals surface area (Å²) >= 11 is 0. The Hall–Kier alpha value is -7.44. The van der Waals surface area contributed by atoms with Crippen LogP contribution >= 0.6 is 0 Å². The third kappa shape index (κ3) is 13.4. The molecule has 28 nitrogen and oxygen atoms in total. The van der Waals surface area contributed by atoms with Gasteiger partial charge in [0.05, 0.1) is 46.7 Å². The minimum atomic E-state index is -1.28. The molecule has 530 valence electrons. The second-order valence-corrected chi connectivity index (χ2v) is 30.0. The zero-order valence-corrected chi connectivity index (χ0v) is 57.0. The average molecular weight is 1350 g/mol. The van der Waals surface area contributed by atoms with Crippen LogP contribution in [0.15, 0.2) is 0 Å². The molecule has 21 unspecified atom stereocenters. The van der Waals surface area contributed by atoms with E-state index in [4.69, 9.17) is 66.3 Å². The van der Waals surface area contributed by atoms with Crippen LogP contribution in [0.5, 0.6) is 0 Å². The molecule has 21 atom stereocenters. The molecule has 13 rings (SSSR count). The van der Waals surface area contributed by atoms with E-state index in [2.05, 4.69) is 0 Å². The molecule has 6 saturated heterocycles. The summed E-state index contributed by atoms with van der Waals surface area (Å²) in [4.78, 5) is 156. The summed E-state index contributed by atoms with van der Waals surface area (Å²) in [5, 5.41) is 9.25. The van der Waals surface area contributed by atoms with E-state index < -0.39 is 160 Å². The number of methoxy groups -OCH3 is 1. The number of carbonyl (C=O) groups excluding carboxylic acids is 13. The highest BCUT2D eigenvalue weighted by Crippen LogP contribution is 2.63. The van der Waals surface area contributed by atoms with Crippen molar-refractivity contribution in [3.05, 3.63) is 0 Å². The van der Waals surface area contributed by atoms with E-state index in [1.807, 2.05) is 33.8 Å². The molecular formula is C68H91NO27. The molecule has 0 aromatic rings. The fourth-order valence-corrected chi connectivity index (χ4v) is 15.2. The van der Waals surface area contributed by atoms with Crippen molar-refractivity contribution >= 4 is 77.6 Å². The second kappa shape index (κ2) is 27.5. The van der Waals surface area contributed by atoms with Crippen LogP contribution < -0.4 is 0 Å². The van der Waals surface area contributed by atoms with Crippen LogP contribution in [0.25, 0.3) is 0 Å². The molecule has 13 aliphatic rings. The van der Waals surface area contributed by atoms with Crippen molar-refractivity contribution in [2.75, 3.05) is 26.9 Å². The minimum Gasteiger partial charge on any atom is -0.468 e. The summed E-state index contributed by atoms with van der Waals surface area (Å²) < 4.78 is 73.7. The average Bonchev–Trinajstić information content (AvgIpc) is 1.54. The van der Waals surface area contributed by atoms with Crippen LogP contribution in [0.1, 0.15) is 167 Å².